The van der Waals surface area contributed by atoms with E-state index in [0.29, 0.717) is 11.5 Å². The van der Waals surface area contributed by atoms with Gasteiger partial charge in [0.15, 0.2) is 0 Å². The van der Waals surface area contributed by atoms with Crippen LogP contribution in [0.3, 0.4) is 0 Å². The van der Waals surface area contributed by atoms with Crippen LogP contribution in [0.4, 0.5) is 5.82 Å². The number of hydrogen-bond acceptors (Lipinski definition) is 4. The number of nitrogens with one attached hydrogen (secondary N) is 2. The molecule has 1 unspecified atom stereocenters. The van der Waals surface area contributed by atoms with Crippen LogP contribution in [-0.2, 0) is 4.79 Å². The molecule has 0 saturated carbocycles. The molecular formula is C13H18N4O. The minimum Gasteiger partial charge on any atom is -0.359 e. The lowest BCUT2D eigenvalue weighted by molar-refractivity contribution is -0.122. The molecule has 0 fully saturated rings. The van der Waals surface area contributed by atoms with Crippen LogP contribution in [0.1, 0.15) is 33.4 Å². The first-order valence-corrected chi connectivity index (χ1v) is 5.77. The predicted octanol–water partition coefficient (Wildman–Crippen LogP) is 1.67. The van der Waals surface area contributed by atoms with Crippen molar-refractivity contribution in [1.82, 2.24) is 10.3 Å². The molecule has 1 atom stereocenters. The molecule has 1 amide bonds. The van der Waals surface area contributed by atoms with Gasteiger partial charge in [0.05, 0.1) is 0 Å². The van der Waals surface area contributed by atoms with Crippen molar-refractivity contribution in [3.05, 3.63) is 23.9 Å². The quantitative estimate of drug-likeness (QED) is 0.850. The van der Waals surface area contributed by atoms with Crippen LogP contribution in [0.5, 0.6) is 0 Å². The molecule has 0 radical (unpaired) electrons. The molecule has 18 heavy (non-hydrogen) atoms. The summed E-state index contributed by atoms with van der Waals surface area (Å²) in [4.78, 5) is 15.9. The average Bonchev–Trinajstić information content (AvgIpc) is 2.27. The normalized spacial score (nSPS) is 12.4. The molecule has 0 aromatic carbocycles. The Balaban J connectivity index is 2.67. The first kappa shape index (κ1) is 14.0. The van der Waals surface area contributed by atoms with E-state index in [1.54, 1.807) is 25.1 Å². The number of carbonyl (C=O) groups is 1. The molecule has 1 aromatic heterocycles. The minimum atomic E-state index is -0.411. The lowest BCUT2D eigenvalue weighted by atomic mass is 10.1. The van der Waals surface area contributed by atoms with E-state index in [1.165, 1.54) is 0 Å². The van der Waals surface area contributed by atoms with E-state index in [-0.39, 0.29) is 11.4 Å². The molecule has 5 nitrogen and oxygen atoms in total. The summed E-state index contributed by atoms with van der Waals surface area (Å²) in [5.41, 5.74) is 0.0537. The van der Waals surface area contributed by atoms with Crippen LogP contribution in [0, 0.1) is 11.3 Å². The van der Waals surface area contributed by atoms with E-state index in [0.717, 1.165) is 0 Å². The standard InChI is InChI=1S/C13H18N4O/c1-9(12(18)17-13(2,3)4)15-11-7-5-6-10(8-14)16-11/h5-7,9H,1-4H3,(H,15,16)(H,17,18). The maximum absolute atomic E-state index is 11.9. The number of hydrogen-bond donors (Lipinski definition) is 2. The molecule has 0 saturated heterocycles. The van der Waals surface area contributed by atoms with Crippen molar-refractivity contribution in [1.29, 1.82) is 5.26 Å². The number of nitrogens with zero attached hydrogens (tertiary/aromatic N) is 2. The van der Waals surface area contributed by atoms with Gasteiger partial charge in [0, 0.05) is 5.54 Å². The van der Waals surface area contributed by atoms with Crippen LogP contribution in [-0.4, -0.2) is 22.5 Å². The topological polar surface area (TPSA) is 77.8 Å². The van der Waals surface area contributed by atoms with Gasteiger partial charge in [-0.1, -0.05) is 6.07 Å². The van der Waals surface area contributed by atoms with Gasteiger partial charge in [-0.2, -0.15) is 5.26 Å². The van der Waals surface area contributed by atoms with Crippen LogP contribution in [0.2, 0.25) is 0 Å². The van der Waals surface area contributed by atoms with Crippen molar-refractivity contribution in [3.63, 3.8) is 0 Å². The van der Waals surface area contributed by atoms with Crippen LogP contribution >= 0.6 is 0 Å². The Hall–Kier alpha value is -2.09. The molecule has 0 spiro atoms. The molecule has 0 aliphatic heterocycles. The van der Waals surface area contributed by atoms with Crippen molar-refractivity contribution >= 4 is 11.7 Å². The lowest BCUT2D eigenvalue weighted by Crippen LogP contribution is -2.47. The number of nitriles is 1. The Bertz CT molecular complexity index is 471. The highest BCUT2D eigenvalue weighted by atomic mass is 16.2. The van der Waals surface area contributed by atoms with Gasteiger partial charge in [0.25, 0.3) is 0 Å². The van der Waals surface area contributed by atoms with E-state index in [4.69, 9.17) is 5.26 Å². The largest absolute Gasteiger partial charge is 0.359 e. The molecule has 1 heterocycles. The third-order valence-electron chi connectivity index (χ3n) is 2.12. The van der Waals surface area contributed by atoms with E-state index in [2.05, 4.69) is 15.6 Å². The Labute approximate surface area is 107 Å². The molecule has 5 heteroatoms. The second-order valence-corrected chi connectivity index (χ2v) is 5.13. The van der Waals surface area contributed by atoms with E-state index >= 15 is 0 Å². The maximum Gasteiger partial charge on any atom is 0.242 e. The number of rotatable bonds is 3. The van der Waals surface area contributed by atoms with Crippen LogP contribution in [0.15, 0.2) is 18.2 Å². The fraction of sp³-hybridized carbons (Fsp3) is 0.462. The van der Waals surface area contributed by atoms with Gasteiger partial charge in [-0.15, -0.1) is 0 Å². The zero-order valence-electron chi connectivity index (χ0n) is 11.1. The molecule has 0 aliphatic rings. The first-order valence-electron chi connectivity index (χ1n) is 5.77. The van der Waals surface area contributed by atoms with Gasteiger partial charge >= 0.3 is 0 Å². The number of aromatic nitrogens is 1. The Kier molecular flexibility index (Phi) is 4.27. The lowest BCUT2D eigenvalue weighted by Gasteiger charge is -2.23. The van der Waals surface area contributed by atoms with Crippen molar-refractivity contribution in [3.8, 4) is 6.07 Å². The third-order valence-corrected chi connectivity index (χ3v) is 2.12. The molecule has 96 valence electrons. The van der Waals surface area contributed by atoms with Gasteiger partial charge in [-0.3, -0.25) is 4.79 Å². The summed E-state index contributed by atoms with van der Waals surface area (Å²) in [6.07, 6.45) is 0. The number of carbonyl (C=O) groups excluding carboxylic acids is 1. The highest BCUT2D eigenvalue weighted by molar-refractivity contribution is 5.84. The predicted molar refractivity (Wildman–Crippen MR) is 69.9 cm³/mol. The Morgan fingerprint density at radius 2 is 2.11 bits per heavy atom. The second kappa shape index (κ2) is 5.50. The summed E-state index contributed by atoms with van der Waals surface area (Å²) in [6, 6.07) is 6.61. The summed E-state index contributed by atoms with van der Waals surface area (Å²) in [5.74, 6) is 0.414. The number of pyridine rings is 1. The van der Waals surface area contributed by atoms with Gasteiger partial charge in [-0.25, -0.2) is 4.98 Å². The molecule has 1 aromatic rings. The zero-order valence-corrected chi connectivity index (χ0v) is 11.1. The molecular weight excluding hydrogens is 228 g/mol. The summed E-state index contributed by atoms with van der Waals surface area (Å²) < 4.78 is 0. The Morgan fingerprint density at radius 1 is 1.44 bits per heavy atom. The molecule has 1 rings (SSSR count). The van der Waals surface area contributed by atoms with E-state index in [9.17, 15) is 4.79 Å². The van der Waals surface area contributed by atoms with Gasteiger partial charge < -0.3 is 10.6 Å². The number of amides is 1. The third kappa shape index (κ3) is 4.42. The zero-order chi connectivity index (χ0) is 13.8. The summed E-state index contributed by atoms with van der Waals surface area (Å²) >= 11 is 0. The number of anilines is 1. The summed E-state index contributed by atoms with van der Waals surface area (Å²) in [7, 11) is 0. The van der Waals surface area contributed by atoms with Gasteiger partial charge in [-0.05, 0) is 39.8 Å². The smallest absolute Gasteiger partial charge is 0.242 e. The molecule has 0 aliphatic carbocycles. The second-order valence-electron chi connectivity index (χ2n) is 5.13. The maximum atomic E-state index is 11.9. The Morgan fingerprint density at radius 3 is 2.67 bits per heavy atom. The van der Waals surface area contributed by atoms with Crippen molar-refractivity contribution in [2.45, 2.75) is 39.3 Å². The van der Waals surface area contributed by atoms with E-state index in [1.807, 2.05) is 26.8 Å². The molecule has 0 bridgehead atoms. The van der Waals surface area contributed by atoms with Crippen molar-refractivity contribution in [2.75, 3.05) is 5.32 Å². The van der Waals surface area contributed by atoms with Gasteiger partial charge in [0.2, 0.25) is 5.91 Å². The van der Waals surface area contributed by atoms with Crippen LogP contribution < -0.4 is 10.6 Å². The highest BCUT2D eigenvalue weighted by Crippen LogP contribution is 2.07. The van der Waals surface area contributed by atoms with Gasteiger partial charge in [0.1, 0.15) is 23.6 Å². The van der Waals surface area contributed by atoms with Crippen molar-refractivity contribution < 1.29 is 4.79 Å². The highest BCUT2D eigenvalue weighted by Gasteiger charge is 2.19. The van der Waals surface area contributed by atoms with Crippen molar-refractivity contribution in [2.24, 2.45) is 0 Å². The molecule has 2 N–H and O–H groups in total. The average molecular weight is 246 g/mol. The summed E-state index contributed by atoms with van der Waals surface area (Å²) in [5, 5.41) is 14.6. The fourth-order valence-electron chi connectivity index (χ4n) is 1.34. The SMILES string of the molecule is CC(Nc1cccc(C#N)n1)C(=O)NC(C)(C)C. The fourth-order valence-corrected chi connectivity index (χ4v) is 1.34. The first-order chi connectivity index (χ1) is 8.31. The van der Waals surface area contributed by atoms with E-state index < -0.39 is 6.04 Å². The van der Waals surface area contributed by atoms with Crippen LogP contribution in [0.25, 0.3) is 0 Å². The monoisotopic (exact) mass is 246 g/mol. The minimum absolute atomic E-state index is 0.105. The summed E-state index contributed by atoms with van der Waals surface area (Å²) in [6.45, 7) is 7.52.